The fraction of sp³-hybridized carbons (Fsp3) is 0.545. The summed E-state index contributed by atoms with van der Waals surface area (Å²) < 4.78 is 0. The highest BCUT2D eigenvalue weighted by atomic mass is 16.2. The summed E-state index contributed by atoms with van der Waals surface area (Å²) in [5, 5.41) is 2.15. The van der Waals surface area contributed by atoms with Gasteiger partial charge in [0.1, 0.15) is 5.41 Å². The number of hydrogen-bond donors (Lipinski definition) is 1. The Hall–Kier alpha value is -1.83. The first kappa shape index (κ1) is 12.2. The molecule has 5 heteroatoms. The van der Waals surface area contributed by atoms with Crippen LogP contribution < -0.4 is 5.32 Å². The second-order valence-electron chi connectivity index (χ2n) is 4.24. The first-order chi connectivity index (χ1) is 7.34. The van der Waals surface area contributed by atoms with Crippen LogP contribution >= 0.6 is 0 Å². The van der Waals surface area contributed by atoms with Crippen LogP contribution in [0.4, 0.5) is 4.79 Å². The van der Waals surface area contributed by atoms with E-state index in [9.17, 15) is 14.4 Å². The third-order valence-corrected chi connectivity index (χ3v) is 2.60. The molecule has 1 rings (SSSR count). The van der Waals surface area contributed by atoms with Crippen LogP contribution in [0.1, 0.15) is 27.2 Å². The van der Waals surface area contributed by atoms with Crippen LogP contribution in [-0.4, -0.2) is 28.8 Å². The molecule has 0 saturated carbocycles. The van der Waals surface area contributed by atoms with Gasteiger partial charge >= 0.3 is 6.03 Å². The van der Waals surface area contributed by atoms with Gasteiger partial charge in [0.2, 0.25) is 11.8 Å². The van der Waals surface area contributed by atoms with Crippen molar-refractivity contribution in [1.82, 2.24) is 10.2 Å². The van der Waals surface area contributed by atoms with Gasteiger partial charge in [-0.1, -0.05) is 0 Å². The van der Waals surface area contributed by atoms with Crippen molar-refractivity contribution in [2.45, 2.75) is 33.2 Å². The zero-order chi connectivity index (χ0) is 12.5. The standard InChI is InChI=1S/C11H14N2O3/c1-5-6-11(4)8(14)12-10(16)13(7(2)3)9(11)15/h1,7H,6H2,2-4H3,(H,12,14,16). The highest BCUT2D eigenvalue weighted by molar-refractivity contribution is 6.19. The van der Waals surface area contributed by atoms with E-state index in [1.54, 1.807) is 13.8 Å². The Morgan fingerprint density at radius 2 is 2.00 bits per heavy atom. The van der Waals surface area contributed by atoms with E-state index >= 15 is 0 Å². The van der Waals surface area contributed by atoms with Gasteiger partial charge in [0.15, 0.2) is 0 Å². The highest BCUT2D eigenvalue weighted by Crippen LogP contribution is 2.28. The van der Waals surface area contributed by atoms with Gasteiger partial charge in [-0.2, -0.15) is 0 Å². The number of barbiturate groups is 1. The van der Waals surface area contributed by atoms with Gasteiger partial charge in [0.05, 0.1) is 0 Å². The lowest BCUT2D eigenvalue weighted by molar-refractivity contribution is -0.151. The van der Waals surface area contributed by atoms with Crippen molar-refractivity contribution in [2.24, 2.45) is 5.41 Å². The predicted octanol–water partition coefficient (Wildman–Crippen LogP) is 0.503. The van der Waals surface area contributed by atoms with Crippen LogP contribution in [0.5, 0.6) is 0 Å². The molecule has 4 amide bonds. The van der Waals surface area contributed by atoms with Crippen LogP contribution in [0.15, 0.2) is 0 Å². The zero-order valence-corrected chi connectivity index (χ0v) is 9.53. The molecule has 0 aromatic rings. The summed E-state index contributed by atoms with van der Waals surface area (Å²) in [5.74, 6) is 1.13. The number of imide groups is 2. The van der Waals surface area contributed by atoms with Crippen molar-refractivity contribution in [3.05, 3.63) is 0 Å². The molecule has 1 N–H and O–H groups in total. The normalized spacial score (nSPS) is 25.7. The summed E-state index contributed by atoms with van der Waals surface area (Å²) in [6.07, 6.45) is 5.12. The van der Waals surface area contributed by atoms with Gasteiger partial charge in [-0.3, -0.25) is 19.8 Å². The minimum absolute atomic E-state index is 0.0197. The van der Waals surface area contributed by atoms with Gasteiger partial charge in [0, 0.05) is 12.5 Å². The number of urea groups is 1. The first-order valence-electron chi connectivity index (χ1n) is 4.97. The first-order valence-corrected chi connectivity index (χ1v) is 4.97. The van der Waals surface area contributed by atoms with E-state index in [1.165, 1.54) is 6.92 Å². The lowest BCUT2D eigenvalue weighted by Gasteiger charge is -2.37. The number of terminal acetylenes is 1. The summed E-state index contributed by atoms with van der Waals surface area (Å²) in [6.45, 7) is 4.85. The fourth-order valence-corrected chi connectivity index (χ4v) is 1.58. The molecule has 0 radical (unpaired) electrons. The van der Waals surface area contributed by atoms with E-state index in [0.717, 1.165) is 4.90 Å². The van der Waals surface area contributed by atoms with Crippen LogP contribution in [-0.2, 0) is 9.59 Å². The molecule has 1 heterocycles. The molecule has 1 unspecified atom stereocenters. The smallest absolute Gasteiger partial charge is 0.277 e. The van der Waals surface area contributed by atoms with Crippen molar-refractivity contribution in [3.63, 3.8) is 0 Å². The lowest BCUT2D eigenvalue weighted by atomic mass is 9.82. The van der Waals surface area contributed by atoms with Gasteiger partial charge < -0.3 is 0 Å². The monoisotopic (exact) mass is 222 g/mol. The molecular weight excluding hydrogens is 208 g/mol. The van der Waals surface area contributed by atoms with Crippen LogP contribution in [0.2, 0.25) is 0 Å². The highest BCUT2D eigenvalue weighted by Gasteiger charge is 2.50. The van der Waals surface area contributed by atoms with Crippen LogP contribution in [0, 0.1) is 17.8 Å². The molecule has 1 saturated heterocycles. The van der Waals surface area contributed by atoms with Crippen molar-refractivity contribution < 1.29 is 14.4 Å². The number of carbonyl (C=O) groups is 3. The summed E-state index contributed by atoms with van der Waals surface area (Å²) in [7, 11) is 0. The Bertz CT molecular complexity index is 395. The molecule has 0 spiro atoms. The molecule has 0 bridgehead atoms. The Labute approximate surface area is 94.2 Å². The third kappa shape index (κ3) is 1.67. The number of amides is 4. The molecule has 0 aliphatic carbocycles. The average Bonchev–Trinajstić information content (AvgIpc) is 2.15. The van der Waals surface area contributed by atoms with Gasteiger partial charge in [0.25, 0.3) is 0 Å². The van der Waals surface area contributed by atoms with E-state index in [1.807, 2.05) is 0 Å². The largest absolute Gasteiger partial charge is 0.331 e. The second-order valence-corrected chi connectivity index (χ2v) is 4.24. The average molecular weight is 222 g/mol. The minimum Gasteiger partial charge on any atom is -0.277 e. The Balaban J connectivity index is 3.14. The van der Waals surface area contributed by atoms with E-state index in [4.69, 9.17) is 6.42 Å². The van der Waals surface area contributed by atoms with Gasteiger partial charge in [-0.15, -0.1) is 12.3 Å². The fourth-order valence-electron chi connectivity index (χ4n) is 1.58. The van der Waals surface area contributed by atoms with Gasteiger partial charge in [-0.25, -0.2) is 4.79 Å². The molecule has 1 atom stereocenters. The summed E-state index contributed by atoms with van der Waals surface area (Å²) in [6, 6.07) is -0.989. The van der Waals surface area contributed by atoms with Gasteiger partial charge in [-0.05, 0) is 20.8 Å². The maximum absolute atomic E-state index is 12.0. The molecule has 86 valence electrons. The maximum atomic E-state index is 12.0. The summed E-state index contributed by atoms with van der Waals surface area (Å²) in [4.78, 5) is 36.2. The van der Waals surface area contributed by atoms with Crippen molar-refractivity contribution in [1.29, 1.82) is 0 Å². The van der Waals surface area contributed by atoms with E-state index in [2.05, 4.69) is 11.2 Å². The minimum atomic E-state index is -1.34. The molecule has 5 nitrogen and oxygen atoms in total. The summed E-state index contributed by atoms with van der Waals surface area (Å²) in [5.41, 5.74) is -1.34. The lowest BCUT2D eigenvalue weighted by Crippen LogP contribution is -2.64. The molecule has 0 aromatic heterocycles. The third-order valence-electron chi connectivity index (χ3n) is 2.60. The quantitative estimate of drug-likeness (QED) is 0.546. The zero-order valence-electron chi connectivity index (χ0n) is 9.53. The van der Waals surface area contributed by atoms with E-state index in [0.29, 0.717) is 0 Å². The number of nitrogens with zero attached hydrogens (tertiary/aromatic N) is 1. The molecule has 1 aliphatic rings. The molecule has 0 aromatic carbocycles. The molecular formula is C11H14N2O3. The topological polar surface area (TPSA) is 66.5 Å². The second kappa shape index (κ2) is 3.97. The van der Waals surface area contributed by atoms with Crippen molar-refractivity contribution in [2.75, 3.05) is 0 Å². The number of rotatable bonds is 2. The van der Waals surface area contributed by atoms with Crippen molar-refractivity contribution >= 4 is 17.8 Å². The van der Waals surface area contributed by atoms with E-state index < -0.39 is 23.3 Å². The molecule has 1 fully saturated rings. The van der Waals surface area contributed by atoms with E-state index in [-0.39, 0.29) is 12.5 Å². The Morgan fingerprint density at radius 1 is 1.44 bits per heavy atom. The molecule has 16 heavy (non-hydrogen) atoms. The van der Waals surface area contributed by atoms with Crippen molar-refractivity contribution in [3.8, 4) is 12.3 Å². The Kier molecular flexibility index (Phi) is 3.04. The molecule has 1 aliphatic heterocycles. The number of nitrogens with one attached hydrogen (secondary N) is 1. The number of hydrogen-bond acceptors (Lipinski definition) is 3. The summed E-state index contributed by atoms with van der Waals surface area (Å²) >= 11 is 0. The maximum Gasteiger partial charge on any atom is 0.331 e. The van der Waals surface area contributed by atoms with Crippen LogP contribution in [0.25, 0.3) is 0 Å². The predicted molar refractivity (Wildman–Crippen MR) is 57.1 cm³/mol. The Morgan fingerprint density at radius 3 is 2.44 bits per heavy atom. The SMILES string of the molecule is C#CCC1(C)C(=O)NC(=O)N(C(C)C)C1=O. The van der Waals surface area contributed by atoms with Crippen LogP contribution in [0.3, 0.4) is 0 Å². The number of carbonyl (C=O) groups excluding carboxylic acids is 3.